The molecule has 8 rings (SSSR count). The lowest BCUT2D eigenvalue weighted by Gasteiger charge is -2.30. The Morgan fingerprint density at radius 3 is 2.44 bits per heavy atom. The summed E-state index contributed by atoms with van der Waals surface area (Å²) in [6.07, 6.45) is 5.62. The summed E-state index contributed by atoms with van der Waals surface area (Å²) in [5.74, 6) is -1.50. The van der Waals surface area contributed by atoms with Crippen molar-refractivity contribution in [1.82, 2.24) is 39.0 Å². The number of aryl methyl sites for hydroxylation is 1. The quantitative estimate of drug-likeness (QED) is 0.246. The Labute approximate surface area is 297 Å². The number of carbonyl (C=O) groups is 1. The van der Waals surface area contributed by atoms with Crippen molar-refractivity contribution in [2.45, 2.75) is 51.2 Å². The molecule has 5 heterocycles. The molecule has 1 saturated heterocycles. The highest BCUT2D eigenvalue weighted by atomic mass is 19.1. The SMILES string of the molecule is Cc1cc(-c2ccc(CN3CCNCC3)cc2)cc(-n2c(=O)n([C@H]3CC[C@@H](NC(=O)c4cn5cc(F)ccc5n4)CC3)c(=O)c3cc(F)cnc32)c1. The molecule has 266 valence electrons. The Morgan fingerprint density at radius 2 is 1.67 bits per heavy atom. The molecule has 4 aromatic heterocycles. The van der Waals surface area contributed by atoms with E-state index in [0.29, 0.717) is 37.0 Å². The van der Waals surface area contributed by atoms with Crippen molar-refractivity contribution in [1.29, 1.82) is 0 Å². The topological polar surface area (TPSA) is 119 Å². The third-order valence-corrected chi connectivity index (χ3v) is 10.2. The molecular formula is C39H38F2N8O3. The lowest BCUT2D eigenvalue weighted by atomic mass is 9.90. The van der Waals surface area contributed by atoms with Crippen molar-refractivity contribution >= 4 is 22.6 Å². The van der Waals surface area contributed by atoms with Crippen LogP contribution in [0, 0.1) is 18.6 Å². The van der Waals surface area contributed by atoms with Crippen molar-refractivity contribution in [2.24, 2.45) is 0 Å². The number of fused-ring (bicyclic) bond motifs is 2. The van der Waals surface area contributed by atoms with Gasteiger partial charge in [-0.15, -0.1) is 0 Å². The summed E-state index contributed by atoms with van der Waals surface area (Å²) in [7, 11) is 0. The van der Waals surface area contributed by atoms with Gasteiger partial charge in [0.1, 0.15) is 23.0 Å². The fourth-order valence-electron chi connectivity index (χ4n) is 7.54. The zero-order valence-electron chi connectivity index (χ0n) is 28.7. The van der Waals surface area contributed by atoms with E-state index < -0.39 is 28.9 Å². The van der Waals surface area contributed by atoms with Gasteiger partial charge in [-0.2, -0.15) is 0 Å². The first-order chi connectivity index (χ1) is 25.2. The first-order valence-electron chi connectivity index (χ1n) is 17.6. The molecule has 0 atom stereocenters. The molecule has 1 saturated carbocycles. The van der Waals surface area contributed by atoms with E-state index in [1.54, 1.807) is 0 Å². The van der Waals surface area contributed by atoms with Gasteiger partial charge in [0.25, 0.3) is 11.5 Å². The van der Waals surface area contributed by atoms with Crippen LogP contribution in [0.2, 0.25) is 0 Å². The number of hydrogen-bond acceptors (Lipinski definition) is 7. The minimum Gasteiger partial charge on any atom is -0.348 e. The number of nitrogens with one attached hydrogen (secondary N) is 2. The van der Waals surface area contributed by atoms with E-state index in [4.69, 9.17) is 0 Å². The molecule has 2 aromatic carbocycles. The second-order valence-electron chi connectivity index (χ2n) is 13.8. The molecule has 52 heavy (non-hydrogen) atoms. The number of nitrogens with zero attached hydrogens (tertiary/aromatic N) is 6. The number of rotatable bonds is 7. The molecule has 2 fully saturated rings. The van der Waals surface area contributed by atoms with Crippen molar-refractivity contribution in [3.8, 4) is 16.8 Å². The fraction of sp³-hybridized carbons (Fsp3) is 0.308. The molecule has 1 aliphatic carbocycles. The first-order valence-corrected chi connectivity index (χ1v) is 17.6. The van der Waals surface area contributed by atoms with Crippen LogP contribution < -0.4 is 21.9 Å². The highest BCUT2D eigenvalue weighted by molar-refractivity contribution is 5.93. The molecule has 0 unspecified atom stereocenters. The Hall–Kier alpha value is -5.53. The summed E-state index contributed by atoms with van der Waals surface area (Å²) in [4.78, 5) is 52.3. The molecule has 2 N–H and O–H groups in total. The van der Waals surface area contributed by atoms with Crippen LogP contribution in [0.4, 0.5) is 8.78 Å². The van der Waals surface area contributed by atoms with Crippen molar-refractivity contribution in [3.63, 3.8) is 0 Å². The van der Waals surface area contributed by atoms with E-state index in [9.17, 15) is 23.2 Å². The van der Waals surface area contributed by atoms with Crippen LogP contribution >= 0.6 is 0 Å². The summed E-state index contributed by atoms with van der Waals surface area (Å²) in [5, 5.41) is 6.39. The normalized spacial score (nSPS) is 18.2. The van der Waals surface area contributed by atoms with Crippen LogP contribution in [0.25, 0.3) is 33.5 Å². The lowest BCUT2D eigenvalue weighted by molar-refractivity contribution is 0.0917. The summed E-state index contributed by atoms with van der Waals surface area (Å²) < 4.78 is 32.3. The molecule has 13 heteroatoms. The second-order valence-corrected chi connectivity index (χ2v) is 13.8. The monoisotopic (exact) mass is 704 g/mol. The Bertz CT molecular complexity index is 2420. The van der Waals surface area contributed by atoms with Gasteiger partial charge in [0.05, 0.1) is 17.3 Å². The smallest absolute Gasteiger partial charge is 0.337 e. The van der Waals surface area contributed by atoms with Crippen LogP contribution in [-0.2, 0) is 6.54 Å². The maximum Gasteiger partial charge on any atom is 0.337 e. The average Bonchev–Trinajstić information content (AvgIpc) is 3.57. The number of carbonyl (C=O) groups excluding carboxylic acids is 1. The standard InChI is InChI=1S/C39H38F2N8O3/c1-24-16-27(26-4-2-25(3-5-26)21-46-14-12-42-13-15-46)18-32(17-24)48-36-33(19-29(41)20-43-36)38(51)49(39(48)52)31-9-7-30(8-10-31)44-37(50)34-23-47-22-28(40)6-11-35(47)45-34/h2-6,11,16-20,22-23,30-31,42H,7-10,12-15,21H2,1H3,(H,44,50)/t30-,31+. The number of halogens is 2. The highest BCUT2D eigenvalue weighted by Crippen LogP contribution is 2.29. The van der Waals surface area contributed by atoms with Crippen molar-refractivity contribution in [3.05, 3.63) is 129 Å². The number of benzene rings is 2. The third-order valence-electron chi connectivity index (χ3n) is 10.2. The van der Waals surface area contributed by atoms with Gasteiger partial charge in [-0.3, -0.25) is 19.1 Å². The van der Waals surface area contributed by atoms with Gasteiger partial charge >= 0.3 is 5.69 Å². The Balaban J connectivity index is 1.07. The number of hydrogen-bond donors (Lipinski definition) is 2. The largest absolute Gasteiger partial charge is 0.348 e. The van der Waals surface area contributed by atoms with Crippen LogP contribution in [0.3, 0.4) is 0 Å². The van der Waals surface area contributed by atoms with E-state index in [0.717, 1.165) is 61.7 Å². The predicted octanol–water partition coefficient (Wildman–Crippen LogP) is 4.77. The molecular weight excluding hydrogens is 666 g/mol. The van der Waals surface area contributed by atoms with Gasteiger partial charge < -0.3 is 15.0 Å². The number of imidazole rings is 1. The van der Waals surface area contributed by atoms with Crippen molar-refractivity contribution < 1.29 is 13.6 Å². The van der Waals surface area contributed by atoms with Gasteiger partial charge in [-0.1, -0.05) is 30.3 Å². The van der Waals surface area contributed by atoms with Gasteiger partial charge in [0.15, 0.2) is 5.65 Å². The van der Waals surface area contributed by atoms with Crippen LogP contribution in [0.1, 0.15) is 53.3 Å². The molecule has 11 nitrogen and oxygen atoms in total. The molecule has 6 aromatic rings. The van der Waals surface area contributed by atoms with Gasteiger partial charge in [-0.05, 0) is 85.2 Å². The molecule has 0 bridgehead atoms. The zero-order valence-corrected chi connectivity index (χ0v) is 28.7. The van der Waals surface area contributed by atoms with Crippen LogP contribution in [-0.4, -0.2) is 66.5 Å². The number of aromatic nitrogens is 5. The van der Waals surface area contributed by atoms with Crippen LogP contribution in [0.5, 0.6) is 0 Å². The highest BCUT2D eigenvalue weighted by Gasteiger charge is 2.29. The van der Waals surface area contributed by atoms with Crippen molar-refractivity contribution in [2.75, 3.05) is 26.2 Å². The minimum absolute atomic E-state index is 0.0126. The Kier molecular flexibility index (Phi) is 8.97. The van der Waals surface area contributed by atoms with Crippen LogP contribution in [0.15, 0.2) is 88.8 Å². The number of piperazine rings is 1. The summed E-state index contributed by atoms with van der Waals surface area (Å²) >= 11 is 0. The first kappa shape index (κ1) is 33.6. The minimum atomic E-state index is -0.673. The fourth-order valence-corrected chi connectivity index (χ4v) is 7.54. The maximum absolute atomic E-state index is 14.6. The molecule has 1 amide bonds. The van der Waals surface area contributed by atoms with Gasteiger partial charge in [0.2, 0.25) is 0 Å². The third kappa shape index (κ3) is 6.64. The Morgan fingerprint density at radius 1 is 0.904 bits per heavy atom. The number of amides is 1. The van der Waals surface area contributed by atoms with E-state index >= 15 is 0 Å². The summed E-state index contributed by atoms with van der Waals surface area (Å²) in [6.45, 7) is 6.83. The predicted molar refractivity (Wildman–Crippen MR) is 194 cm³/mol. The van der Waals surface area contributed by atoms with Gasteiger partial charge in [0, 0.05) is 57.2 Å². The maximum atomic E-state index is 14.6. The molecule has 0 radical (unpaired) electrons. The number of pyridine rings is 2. The molecule has 0 spiro atoms. The lowest BCUT2D eigenvalue weighted by Crippen LogP contribution is -2.45. The zero-order chi connectivity index (χ0) is 35.9. The second kappa shape index (κ2) is 13.9. The molecule has 1 aliphatic heterocycles. The average molecular weight is 705 g/mol. The molecule has 2 aliphatic rings. The van der Waals surface area contributed by atoms with E-state index in [1.807, 2.05) is 25.1 Å². The van der Waals surface area contributed by atoms with E-state index in [2.05, 4.69) is 49.8 Å². The van der Waals surface area contributed by atoms with Gasteiger partial charge in [-0.25, -0.2) is 28.1 Å². The summed E-state index contributed by atoms with van der Waals surface area (Å²) in [6, 6.07) is 17.5. The van der Waals surface area contributed by atoms with E-state index in [1.165, 1.54) is 43.6 Å². The summed E-state index contributed by atoms with van der Waals surface area (Å²) in [5.41, 5.74) is 4.09. The van der Waals surface area contributed by atoms with E-state index in [-0.39, 0.29) is 28.7 Å².